The van der Waals surface area contributed by atoms with Crippen LogP contribution in [0.2, 0.25) is 0 Å². The number of hydrogen-bond acceptors (Lipinski definition) is 5. The first-order chi connectivity index (χ1) is 11.1. The number of carbonyl (C=O) groups excluding carboxylic acids is 1. The Labute approximate surface area is 141 Å². The number of nitrogens with one attached hydrogen (secondary N) is 1. The average molecular weight is 335 g/mol. The second kappa shape index (κ2) is 7.11. The molecule has 1 saturated heterocycles. The molecule has 0 aromatic carbocycles. The van der Waals surface area contributed by atoms with Gasteiger partial charge in [-0.3, -0.25) is 9.69 Å². The summed E-state index contributed by atoms with van der Waals surface area (Å²) in [6.45, 7) is 7.94. The van der Waals surface area contributed by atoms with E-state index in [0.29, 0.717) is 11.7 Å². The summed E-state index contributed by atoms with van der Waals surface area (Å²) < 4.78 is 5.71. The zero-order valence-electron chi connectivity index (χ0n) is 13.9. The fraction of sp³-hybridized carbons (Fsp3) is 0.647. The number of carbonyl (C=O) groups is 1. The molecular weight excluding hydrogens is 310 g/mol. The molecule has 3 rings (SSSR count). The van der Waals surface area contributed by atoms with Gasteiger partial charge in [-0.05, 0) is 51.6 Å². The number of hydrogen-bond donors (Lipinski definition) is 1. The number of piperidine rings is 1. The largest absolute Gasteiger partial charge is 0.377 e. The maximum absolute atomic E-state index is 12.2. The molecule has 23 heavy (non-hydrogen) atoms. The monoisotopic (exact) mass is 335 g/mol. The molecule has 2 aliphatic heterocycles. The van der Waals surface area contributed by atoms with Crippen LogP contribution < -0.4 is 5.32 Å². The van der Waals surface area contributed by atoms with Gasteiger partial charge in [0, 0.05) is 4.88 Å². The summed E-state index contributed by atoms with van der Waals surface area (Å²) in [5.74, 6) is 0.0340. The van der Waals surface area contributed by atoms with Crippen LogP contribution in [0.1, 0.15) is 29.8 Å². The molecule has 1 amide bonds. The Kier molecular flexibility index (Phi) is 5.14. The van der Waals surface area contributed by atoms with Crippen molar-refractivity contribution in [2.24, 2.45) is 5.41 Å². The van der Waals surface area contributed by atoms with Crippen molar-refractivity contribution in [3.8, 4) is 0 Å². The maximum Gasteiger partial charge on any atom is 0.240 e. The highest BCUT2D eigenvalue weighted by Gasteiger charge is 2.35. The molecule has 0 aliphatic carbocycles. The molecule has 0 radical (unpaired) electrons. The number of rotatable bonds is 3. The molecule has 1 aromatic rings. The Hall–Kier alpha value is -1.24. The number of nitrogens with zero attached hydrogens (tertiary/aromatic N) is 2. The molecule has 1 fully saturated rings. The molecule has 126 valence electrons. The highest BCUT2D eigenvalue weighted by Crippen LogP contribution is 2.36. The first-order valence-corrected chi connectivity index (χ1v) is 9.07. The van der Waals surface area contributed by atoms with Gasteiger partial charge in [0.1, 0.15) is 0 Å². The maximum atomic E-state index is 12.2. The minimum absolute atomic E-state index is 0.0340. The summed E-state index contributed by atoms with van der Waals surface area (Å²) in [6, 6.07) is 0. The van der Waals surface area contributed by atoms with E-state index in [4.69, 9.17) is 4.74 Å². The van der Waals surface area contributed by atoms with E-state index in [2.05, 4.69) is 27.4 Å². The molecule has 1 aromatic heterocycles. The summed E-state index contributed by atoms with van der Waals surface area (Å²) in [5.41, 5.74) is 1.27. The van der Waals surface area contributed by atoms with E-state index in [1.165, 1.54) is 11.3 Å². The van der Waals surface area contributed by atoms with Gasteiger partial charge in [0.2, 0.25) is 5.91 Å². The number of aryl methyl sites for hydroxylation is 2. The lowest BCUT2D eigenvalue weighted by atomic mass is 9.76. The minimum atomic E-state index is 0.0340. The van der Waals surface area contributed by atoms with Gasteiger partial charge in [-0.25, -0.2) is 4.98 Å². The minimum Gasteiger partial charge on any atom is -0.377 e. The molecule has 1 N–H and O–H groups in total. The number of aromatic nitrogens is 1. The van der Waals surface area contributed by atoms with Crippen molar-refractivity contribution in [1.82, 2.24) is 9.88 Å². The van der Waals surface area contributed by atoms with Crippen LogP contribution in [0.15, 0.2) is 12.2 Å². The second-order valence-corrected chi connectivity index (χ2v) is 7.88. The lowest BCUT2D eigenvalue weighted by Gasteiger charge is -2.40. The standard InChI is InChI=1S/C17H25N3O2S/c1-13-14(2)23-16(18-13)19-15(21)11-20-8-6-17(7-9-20)5-3-4-10-22-12-17/h3-4H,5-12H2,1-2H3,(H,18,19,21). The molecule has 1 spiro atoms. The Bertz CT molecular complexity index is 569. The topological polar surface area (TPSA) is 54.5 Å². The van der Waals surface area contributed by atoms with Crippen LogP contribution in [0.25, 0.3) is 0 Å². The molecule has 0 saturated carbocycles. The van der Waals surface area contributed by atoms with Crippen molar-refractivity contribution in [1.29, 1.82) is 0 Å². The van der Waals surface area contributed by atoms with Crippen LogP contribution in [-0.2, 0) is 9.53 Å². The van der Waals surface area contributed by atoms with Crippen LogP contribution in [0.4, 0.5) is 5.13 Å². The lowest BCUT2D eigenvalue weighted by molar-refractivity contribution is -0.118. The summed E-state index contributed by atoms with van der Waals surface area (Å²) >= 11 is 1.54. The predicted molar refractivity (Wildman–Crippen MR) is 92.9 cm³/mol. The number of thiazole rings is 1. The fourth-order valence-electron chi connectivity index (χ4n) is 3.23. The van der Waals surface area contributed by atoms with Crippen molar-refractivity contribution >= 4 is 22.4 Å². The summed E-state index contributed by atoms with van der Waals surface area (Å²) in [6.07, 6.45) is 7.67. The zero-order valence-corrected chi connectivity index (χ0v) is 14.7. The van der Waals surface area contributed by atoms with E-state index in [1.54, 1.807) is 0 Å². The fourth-order valence-corrected chi connectivity index (χ4v) is 4.06. The van der Waals surface area contributed by atoms with Crippen molar-refractivity contribution in [3.63, 3.8) is 0 Å². The Morgan fingerprint density at radius 2 is 2.17 bits per heavy atom. The third kappa shape index (κ3) is 4.19. The van der Waals surface area contributed by atoms with Crippen LogP contribution in [0.3, 0.4) is 0 Å². The third-order valence-corrected chi connectivity index (χ3v) is 5.89. The van der Waals surface area contributed by atoms with Crippen LogP contribution in [-0.4, -0.2) is 48.6 Å². The number of anilines is 1. The predicted octanol–water partition coefficient (Wildman–Crippen LogP) is 2.76. The molecule has 0 unspecified atom stereocenters. The van der Waals surface area contributed by atoms with Gasteiger partial charge in [0.25, 0.3) is 0 Å². The van der Waals surface area contributed by atoms with Crippen molar-refractivity contribution in [2.45, 2.75) is 33.1 Å². The van der Waals surface area contributed by atoms with Gasteiger partial charge in [-0.15, -0.1) is 11.3 Å². The number of ether oxygens (including phenoxy) is 1. The van der Waals surface area contributed by atoms with Gasteiger partial charge >= 0.3 is 0 Å². The van der Waals surface area contributed by atoms with E-state index in [9.17, 15) is 4.79 Å². The highest BCUT2D eigenvalue weighted by molar-refractivity contribution is 7.15. The first kappa shape index (κ1) is 16.6. The normalized spacial score (nSPS) is 21.3. The summed E-state index contributed by atoms with van der Waals surface area (Å²) in [4.78, 5) is 20.0. The highest BCUT2D eigenvalue weighted by atomic mass is 32.1. The molecule has 6 heteroatoms. The first-order valence-electron chi connectivity index (χ1n) is 8.25. The third-order valence-electron chi connectivity index (χ3n) is 4.90. The van der Waals surface area contributed by atoms with Crippen molar-refractivity contribution in [2.75, 3.05) is 38.2 Å². The Morgan fingerprint density at radius 1 is 1.39 bits per heavy atom. The lowest BCUT2D eigenvalue weighted by Crippen LogP contribution is -2.44. The van der Waals surface area contributed by atoms with E-state index < -0.39 is 0 Å². The Balaban J connectivity index is 1.48. The summed E-state index contributed by atoms with van der Waals surface area (Å²) in [5, 5.41) is 3.63. The molecule has 2 aliphatic rings. The van der Waals surface area contributed by atoms with Crippen LogP contribution >= 0.6 is 11.3 Å². The van der Waals surface area contributed by atoms with E-state index in [1.807, 2.05) is 13.8 Å². The van der Waals surface area contributed by atoms with Crippen LogP contribution in [0.5, 0.6) is 0 Å². The van der Waals surface area contributed by atoms with Crippen molar-refractivity contribution in [3.05, 3.63) is 22.7 Å². The van der Waals surface area contributed by atoms with E-state index in [0.717, 1.165) is 56.1 Å². The van der Waals surface area contributed by atoms with Gasteiger partial charge in [0.15, 0.2) is 5.13 Å². The number of allylic oxidation sites excluding steroid dienone is 1. The number of likely N-dealkylation sites (tertiary alicyclic amines) is 1. The van der Waals surface area contributed by atoms with Crippen LogP contribution in [0, 0.1) is 19.3 Å². The van der Waals surface area contributed by atoms with Crippen molar-refractivity contribution < 1.29 is 9.53 Å². The summed E-state index contributed by atoms with van der Waals surface area (Å²) in [7, 11) is 0. The number of amides is 1. The van der Waals surface area contributed by atoms with Gasteiger partial charge in [-0.2, -0.15) is 0 Å². The van der Waals surface area contributed by atoms with Gasteiger partial charge in [-0.1, -0.05) is 12.2 Å². The molecule has 0 atom stereocenters. The van der Waals surface area contributed by atoms with E-state index in [-0.39, 0.29) is 11.3 Å². The second-order valence-electron chi connectivity index (χ2n) is 6.68. The SMILES string of the molecule is Cc1nc(NC(=O)CN2CCC3(CC=CCOC3)CC2)sc1C. The van der Waals surface area contributed by atoms with Gasteiger partial charge < -0.3 is 10.1 Å². The quantitative estimate of drug-likeness (QED) is 0.863. The zero-order chi connectivity index (χ0) is 16.3. The van der Waals surface area contributed by atoms with E-state index >= 15 is 0 Å². The smallest absolute Gasteiger partial charge is 0.240 e. The average Bonchev–Trinajstić information content (AvgIpc) is 2.72. The Morgan fingerprint density at radius 3 is 2.87 bits per heavy atom. The molecule has 0 bridgehead atoms. The van der Waals surface area contributed by atoms with Gasteiger partial charge in [0.05, 0.1) is 25.5 Å². The molecular formula is C17H25N3O2S. The molecule has 5 nitrogen and oxygen atoms in total. The molecule has 3 heterocycles.